The van der Waals surface area contributed by atoms with E-state index in [0.717, 1.165) is 104 Å². The molecule has 8 atom stereocenters. The Balaban J connectivity index is 0.889. The average molecular weight is 881 g/mol. The third kappa shape index (κ3) is 7.82. The van der Waals surface area contributed by atoms with Crippen LogP contribution >= 0.6 is 0 Å². The van der Waals surface area contributed by atoms with Gasteiger partial charge < -0.3 is 39.9 Å². The van der Waals surface area contributed by atoms with Crippen molar-refractivity contribution in [3.63, 3.8) is 0 Å². The van der Waals surface area contributed by atoms with E-state index in [1.165, 1.54) is 42.0 Å². The summed E-state index contributed by atoms with van der Waals surface area (Å²) in [4.78, 5) is 73.9. The van der Waals surface area contributed by atoms with E-state index in [4.69, 9.17) is 19.4 Å². The quantitative estimate of drug-likeness (QED) is 0.121. The minimum absolute atomic E-state index is 0.0314. The molecule has 8 aliphatic rings. The van der Waals surface area contributed by atoms with Crippen molar-refractivity contribution in [1.29, 1.82) is 0 Å². The molecule has 2 unspecified atom stereocenters. The normalized spacial score (nSPS) is 25.3. The predicted octanol–water partition coefficient (Wildman–Crippen LogP) is 7.98. The highest BCUT2D eigenvalue weighted by atomic mass is 16.5. The second kappa shape index (κ2) is 17.3. The SMILES string of the molecule is COC(=O)N[C@H](C(=O)N1CCC[C@H]1c1nc(-c2cc3ccc2CCc2ccc(c(-c4ccc5[nH]c([C@@H]6C[C@@H]7CCCC8C(C)[C@H](NC(=O)OC)C(=O)N6[C@@H]87)nc5c4)c2)CC3)c[nH]1)C(C)C. The Hall–Kier alpha value is -6.18. The second-order valence-corrected chi connectivity index (χ2v) is 19.4. The van der Waals surface area contributed by atoms with Gasteiger partial charge in [-0.3, -0.25) is 9.59 Å². The number of carbonyl (C=O) groups is 4. The molecule has 13 rings (SSSR count). The van der Waals surface area contributed by atoms with Gasteiger partial charge in [0.05, 0.1) is 43.0 Å². The molecule has 4 amide bonds. The third-order valence-corrected chi connectivity index (χ3v) is 15.4. The number of nitrogens with zero attached hydrogens (tertiary/aromatic N) is 4. The molecule has 5 heterocycles. The van der Waals surface area contributed by atoms with Gasteiger partial charge in [-0.2, -0.15) is 0 Å². The number of aromatic nitrogens is 4. The molecule has 2 aromatic heterocycles. The van der Waals surface area contributed by atoms with Crippen molar-refractivity contribution in [3.05, 3.63) is 94.7 Å². The number of alkyl carbamates (subject to hydrolysis) is 2. The van der Waals surface area contributed by atoms with Gasteiger partial charge >= 0.3 is 12.2 Å². The number of H-pyrrole nitrogens is 2. The topological polar surface area (TPSA) is 175 Å². The molecule has 0 spiro atoms. The monoisotopic (exact) mass is 880 g/mol. The number of ether oxygens (including phenoxy) is 2. The number of imidazole rings is 2. The first kappa shape index (κ1) is 42.8. The number of piperidine rings is 1. The fourth-order valence-electron chi connectivity index (χ4n) is 12.0. The maximum atomic E-state index is 14.2. The molecule has 5 aromatic rings. The fraction of sp³-hybridized carbons (Fsp3) is 0.490. The Kier molecular flexibility index (Phi) is 11.4. The lowest BCUT2D eigenvalue weighted by Crippen LogP contribution is -2.63. The smallest absolute Gasteiger partial charge is 0.407 e. The van der Waals surface area contributed by atoms with Gasteiger partial charge in [-0.1, -0.05) is 63.6 Å². The van der Waals surface area contributed by atoms with Gasteiger partial charge in [0.25, 0.3) is 0 Å². The van der Waals surface area contributed by atoms with Crippen molar-refractivity contribution in [2.45, 2.75) is 115 Å². The highest BCUT2D eigenvalue weighted by Gasteiger charge is 2.57. The predicted molar refractivity (Wildman–Crippen MR) is 246 cm³/mol. The summed E-state index contributed by atoms with van der Waals surface area (Å²) in [5.74, 6) is 2.06. The Morgan fingerprint density at radius 2 is 1.55 bits per heavy atom. The van der Waals surface area contributed by atoms with Gasteiger partial charge in [-0.15, -0.1) is 0 Å². The largest absolute Gasteiger partial charge is 0.453 e. The zero-order chi connectivity index (χ0) is 45.1. The first-order chi connectivity index (χ1) is 31.5. The van der Waals surface area contributed by atoms with E-state index in [1.54, 1.807) is 0 Å². The van der Waals surface area contributed by atoms with Gasteiger partial charge in [0.1, 0.15) is 23.7 Å². The molecule has 5 aliphatic carbocycles. The van der Waals surface area contributed by atoms with E-state index < -0.39 is 24.3 Å². The molecule has 4 N–H and O–H groups in total. The molecule has 0 radical (unpaired) electrons. The number of methoxy groups -OCH3 is 2. The lowest BCUT2D eigenvalue weighted by atomic mass is 9.68. The first-order valence-electron chi connectivity index (χ1n) is 23.6. The van der Waals surface area contributed by atoms with Crippen LogP contribution in [0.15, 0.2) is 60.8 Å². The van der Waals surface area contributed by atoms with Gasteiger partial charge in [0.15, 0.2) is 0 Å². The number of carbonyl (C=O) groups excluding carboxylic acids is 4. The molecular weight excluding hydrogens is 821 g/mol. The zero-order valence-electron chi connectivity index (χ0n) is 38.0. The van der Waals surface area contributed by atoms with Crippen molar-refractivity contribution in [2.75, 3.05) is 20.8 Å². The summed E-state index contributed by atoms with van der Waals surface area (Å²) in [6, 6.07) is 18.6. The van der Waals surface area contributed by atoms with Gasteiger partial charge in [0, 0.05) is 24.3 Å². The molecule has 340 valence electrons. The molecule has 3 saturated heterocycles. The van der Waals surface area contributed by atoms with Crippen LogP contribution in [0.25, 0.3) is 33.4 Å². The van der Waals surface area contributed by atoms with Crippen LogP contribution in [-0.2, 0) is 44.7 Å². The number of hydrogen-bond acceptors (Lipinski definition) is 8. The molecule has 65 heavy (non-hydrogen) atoms. The van der Waals surface area contributed by atoms with Crippen molar-refractivity contribution >= 4 is 35.0 Å². The molecule has 1 saturated carbocycles. The summed E-state index contributed by atoms with van der Waals surface area (Å²) in [6.07, 6.45) is 9.94. The number of fused-ring (bicyclic) bond motifs is 1. The van der Waals surface area contributed by atoms with E-state index in [2.05, 4.69) is 87.0 Å². The van der Waals surface area contributed by atoms with Crippen LogP contribution in [0.1, 0.15) is 105 Å². The van der Waals surface area contributed by atoms with Crippen LogP contribution in [0.4, 0.5) is 9.59 Å². The summed E-state index contributed by atoms with van der Waals surface area (Å²) >= 11 is 0. The fourth-order valence-corrected chi connectivity index (χ4v) is 12.0. The highest BCUT2D eigenvalue weighted by Crippen LogP contribution is 2.53. The minimum atomic E-state index is -0.690. The summed E-state index contributed by atoms with van der Waals surface area (Å²) in [7, 11) is 2.65. The zero-order valence-corrected chi connectivity index (χ0v) is 38.0. The van der Waals surface area contributed by atoms with Crippen LogP contribution in [0, 0.1) is 23.7 Å². The Labute approximate surface area is 379 Å². The molecule has 4 fully saturated rings. The molecular formula is C51H60N8O6. The molecule has 3 aliphatic heterocycles. The van der Waals surface area contributed by atoms with Crippen LogP contribution in [0.3, 0.4) is 0 Å². The molecule has 3 aromatic carbocycles. The second-order valence-electron chi connectivity index (χ2n) is 19.4. The maximum Gasteiger partial charge on any atom is 0.407 e. The molecule has 14 heteroatoms. The van der Waals surface area contributed by atoms with E-state index in [9.17, 15) is 19.2 Å². The standard InChI is InChI=1S/C51H60N8O6/c1-27(2)43(56-50(62)64-4)48(60)58-21-7-10-41(58)46-52-26-40(55-46)37-23-30-12-16-31-15-11-29(13-17-32(37)18-14-30)22-36(31)33-19-20-38-39(24-33)54-47(53-38)42-25-34-8-6-9-35-28(3)44(57-51(63)65-5)49(61)59(42)45(34)35/h11,14-15,18-20,22-24,26-28,34-35,41-45H,6-10,12-13,16-17,21,25H2,1-5H3,(H,52,55)(H,53,54)(H,56,62)(H,57,63)/t28?,34-,35?,41-,42-,43-,44-,45+/m0/s1. The minimum Gasteiger partial charge on any atom is -0.453 e. The Morgan fingerprint density at radius 1 is 0.815 bits per heavy atom. The van der Waals surface area contributed by atoms with Crippen molar-refractivity contribution in [3.8, 4) is 22.4 Å². The highest BCUT2D eigenvalue weighted by molar-refractivity contribution is 5.89. The average Bonchev–Trinajstić information content (AvgIpc) is 4.14. The van der Waals surface area contributed by atoms with E-state index >= 15 is 0 Å². The Morgan fingerprint density at radius 3 is 2.29 bits per heavy atom. The van der Waals surface area contributed by atoms with Crippen LogP contribution < -0.4 is 10.6 Å². The maximum absolute atomic E-state index is 14.2. The van der Waals surface area contributed by atoms with E-state index in [0.29, 0.717) is 18.4 Å². The Bertz CT molecular complexity index is 2650. The third-order valence-electron chi connectivity index (χ3n) is 15.4. The summed E-state index contributed by atoms with van der Waals surface area (Å²) in [5, 5.41) is 5.61. The van der Waals surface area contributed by atoms with Crippen LogP contribution in [-0.4, -0.2) is 92.6 Å². The number of aromatic amines is 2. The van der Waals surface area contributed by atoms with Crippen molar-refractivity contribution in [1.82, 2.24) is 40.4 Å². The van der Waals surface area contributed by atoms with E-state index in [-0.39, 0.29) is 41.8 Å². The van der Waals surface area contributed by atoms with Crippen molar-refractivity contribution < 1.29 is 28.7 Å². The van der Waals surface area contributed by atoms with Gasteiger partial charge in [-0.25, -0.2) is 19.6 Å². The van der Waals surface area contributed by atoms with Crippen LogP contribution in [0.2, 0.25) is 0 Å². The number of rotatable bonds is 8. The number of nitrogens with one attached hydrogen (secondary N) is 4. The number of aryl methyl sites for hydroxylation is 4. The lowest BCUT2D eigenvalue weighted by molar-refractivity contribution is -0.148. The number of benzene rings is 3. The summed E-state index contributed by atoms with van der Waals surface area (Å²) in [5.41, 5.74) is 11.1. The molecule has 4 bridgehead atoms. The number of hydrogen-bond donors (Lipinski definition) is 4. The van der Waals surface area contributed by atoms with Crippen molar-refractivity contribution in [2.24, 2.45) is 23.7 Å². The lowest BCUT2D eigenvalue weighted by Gasteiger charge is -2.49. The van der Waals surface area contributed by atoms with E-state index in [1.807, 2.05) is 24.9 Å². The first-order valence-corrected chi connectivity index (χ1v) is 23.6. The van der Waals surface area contributed by atoms with Gasteiger partial charge in [0.2, 0.25) is 11.8 Å². The number of amides is 4. The number of likely N-dealkylation sites (tertiary alicyclic amines) is 1. The van der Waals surface area contributed by atoms with Gasteiger partial charge in [-0.05, 0) is 133 Å². The summed E-state index contributed by atoms with van der Waals surface area (Å²) < 4.78 is 9.75. The molecule has 14 nitrogen and oxygen atoms in total. The summed E-state index contributed by atoms with van der Waals surface area (Å²) in [6.45, 7) is 6.55. The van der Waals surface area contributed by atoms with Crippen LogP contribution in [0.5, 0.6) is 0 Å².